The van der Waals surface area contributed by atoms with Crippen LogP contribution in [0.15, 0.2) is 24.3 Å². The van der Waals surface area contributed by atoms with Gasteiger partial charge in [0, 0.05) is 64.8 Å². The maximum Gasteiger partial charge on any atom is 0.326 e. The van der Waals surface area contributed by atoms with Crippen molar-refractivity contribution in [3.63, 3.8) is 0 Å². The zero-order chi connectivity index (χ0) is 69.4. The molecular weight excluding hydrogens is 1190 g/mol. The van der Waals surface area contributed by atoms with Gasteiger partial charge < -0.3 is 62.2 Å². The quantitative estimate of drug-likeness (QED) is 0.0272. The lowest BCUT2D eigenvalue weighted by Crippen LogP contribution is -2.59. The molecule has 1 aromatic rings. The number of aromatic hydroxyl groups is 1. The molecule has 0 saturated carbocycles. The molecule has 0 unspecified atom stereocenters. The molecule has 11 N–H and O–H groups in total. The van der Waals surface area contributed by atoms with Crippen LogP contribution in [0.2, 0.25) is 0 Å². The van der Waals surface area contributed by atoms with Gasteiger partial charge in [-0.2, -0.15) is 0 Å². The molecule has 0 fully saturated rings. The third-order valence-corrected chi connectivity index (χ3v) is 16.1. The third kappa shape index (κ3) is 43.0. The van der Waals surface area contributed by atoms with Gasteiger partial charge in [-0.25, -0.2) is 4.79 Å². The van der Waals surface area contributed by atoms with Gasteiger partial charge in [-0.1, -0.05) is 123 Å². The minimum absolute atomic E-state index is 0.00908. The van der Waals surface area contributed by atoms with E-state index in [2.05, 4.69) is 31.9 Å². The highest BCUT2D eigenvalue weighted by Gasteiger charge is 2.34. The fourth-order valence-corrected chi connectivity index (χ4v) is 10.2. The van der Waals surface area contributed by atoms with Crippen molar-refractivity contribution in [1.29, 1.82) is 0 Å². The van der Waals surface area contributed by atoms with Crippen LogP contribution in [-0.4, -0.2) is 151 Å². The molecule has 1 aromatic carbocycles. The molecule has 0 saturated heterocycles. The number of benzene rings is 1. The van der Waals surface area contributed by atoms with E-state index in [1.807, 2.05) is 6.92 Å². The largest absolute Gasteiger partial charge is 0.508 e. The Morgan fingerprint density at radius 3 is 1.50 bits per heavy atom. The number of carboxylic acids is 4. The van der Waals surface area contributed by atoms with Gasteiger partial charge in [0.15, 0.2) is 11.6 Å². The first-order valence-corrected chi connectivity index (χ1v) is 33.5. The van der Waals surface area contributed by atoms with Crippen LogP contribution in [0.1, 0.15) is 253 Å². The lowest BCUT2D eigenvalue weighted by Gasteiger charge is -2.29. The second-order valence-corrected chi connectivity index (χ2v) is 24.6. The minimum Gasteiger partial charge on any atom is -0.508 e. The Morgan fingerprint density at radius 2 is 1.00 bits per heavy atom. The Hall–Kier alpha value is -6.95. The summed E-state index contributed by atoms with van der Waals surface area (Å²) in [6.45, 7) is 11.1. The molecule has 24 nitrogen and oxygen atoms in total. The third-order valence-electron chi connectivity index (χ3n) is 16.1. The minimum atomic E-state index is -1.44. The van der Waals surface area contributed by atoms with Crippen LogP contribution in [-0.2, 0) is 68.7 Å². The van der Waals surface area contributed by atoms with E-state index in [4.69, 9.17) is 10.2 Å². The SMILES string of the molecule is CC(=O)CCCCCCCCCCCCCCCCC(=O)O.CCCC[C@H](NCC(=O)C(C)(C)NC(=O)[C@@H](Cc1ccc(O)cc1)NC(C)=O)C(=O)CN[C@@H](CCCCNC(=O)CC[C@H](CC(=O)CC[C@H](NC(=O)CC[C@H](CC)C(=O)O)C(=O)O)C(=O)O)C(=O)CC. The van der Waals surface area contributed by atoms with Crippen LogP contribution >= 0.6 is 0 Å². The Bertz CT molecular complexity index is 2400. The highest BCUT2D eigenvalue weighted by molar-refractivity contribution is 5.96. The van der Waals surface area contributed by atoms with Gasteiger partial charge >= 0.3 is 23.9 Å². The Kier molecular flexibility index (Phi) is 46.8. The zero-order valence-electron chi connectivity index (χ0n) is 56.1. The number of aliphatic carboxylic acids is 4. The van der Waals surface area contributed by atoms with Crippen molar-refractivity contribution < 1.29 is 87.9 Å². The standard InChI is InChI=1S/C49H76N6O15.C19H36O3/c1-7-10-13-37(52-29-42(61)49(5,6)55-45(64)39(53-30(4)56)26-31-15-19-34(57)20-16-31)41(60)28-51-36(40(59)9-3)14-11-12-25-50-43(62)23-18-33(47(67)68)27-35(58)21-22-38(48(69)70)54-44(63)24-17-32(8-2)46(65)66;1-18(20)16-14-12-10-8-6-4-2-3-5-7-9-11-13-15-17-19(21)22/h15-16,19-20,32-33,36-39,51-52,57H,7-14,17-18,21-29H2,1-6H3,(H,50,62)(H,53,56)(H,54,63)(H,55,64)(H,65,66)(H,67,68)(H,69,70);2-17H2,1H3,(H,21,22)/t32-,33+,36-,37-,38-,39+;/m0./s1. The van der Waals surface area contributed by atoms with Gasteiger partial charge in [0.2, 0.25) is 23.6 Å². The highest BCUT2D eigenvalue weighted by atomic mass is 16.4. The zero-order valence-corrected chi connectivity index (χ0v) is 56.1. The molecule has 0 spiro atoms. The summed E-state index contributed by atoms with van der Waals surface area (Å²) in [5.74, 6) is -9.64. The summed E-state index contributed by atoms with van der Waals surface area (Å²) in [7, 11) is 0. The molecule has 1 rings (SSSR count). The molecule has 0 radical (unpaired) electrons. The fourth-order valence-electron chi connectivity index (χ4n) is 10.2. The number of rotatable bonds is 56. The van der Waals surface area contributed by atoms with Crippen LogP contribution in [0.5, 0.6) is 5.75 Å². The van der Waals surface area contributed by atoms with Gasteiger partial charge in [-0.15, -0.1) is 0 Å². The van der Waals surface area contributed by atoms with Gasteiger partial charge in [0.25, 0.3) is 0 Å². The van der Waals surface area contributed by atoms with Gasteiger partial charge in [0.05, 0.1) is 42.5 Å². The van der Waals surface area contributed by atoms with E-state index < -0.39 is 107 Å². The van der Waals surface area contributed by atoms with E-state index in [-0.39, 0.29) is 94.7 Å². The normalized spacial score (nSPS) is 13.1. The second kappa shape index (κ2) is 50.6. The molecule has 92 heavy (non-hydrogen) atoms. The molecule has 4 amide bonds. The predicted molar refractivity (Wildman–Crippen MR) is 349 cm³/mol. The van der Waals surface area contributed by atoms with E-state index in [9.17, 15) is 77.6 Å². The van der Waals surface area contributed by atoms with Crippen molar-refractivity contribution in [1.82, 2.24) is 31.9 Å². The van der Waals surface area contributed by atoms with E-state index in [0.717, 1.165) is 32.1 Å². The van der Waals surface area contributed by atoms with Crippen molar-refractivity contribution in [2.45, 2.75) is 284 Å². The number of nitrogens with one attached hydrogen (secondary N) is 6. The Labute approximate surface area is 544 Å². The molecule has 0 aliphatic heterocycles. The number of hydrogen-bond acceptors (Lipinski definition) is 16. The number of Topliss-reactive ketones (excluding diaryl/α,β-unsaturated/α-hetero) is 5. The molecule has 0 aliphatic carbocycles. The highest BCUT2D eigenvalue weighted by Crippen LogP contribution is 2.19. The van der Waals surface area contributed by atoms with Crippen molar-refractivity contribution in [3.8, 4) is 5.75 Å². The topological polar surface area (TPSA) is 395 Å². The lowest BCUT2D eigenvalue weighted by atomic mass is 9.94. The van der Waals surface area contributed by atoms with E-state index in [0.29, 0.717) is 49.9 Å². The van der Waals surface area contributed by atoms with E-state index in [1.165, 1.54) is 104 Å². The number of phenolic OH excluding ortho intramolecular Hbond substituents is 1. The summed E-state index contributed by atoms with van der Waals surface area (Å²) < 4.78 is 0. The van der Waals surface area contributed by atoms with Gasteiger partial charge in [-0.05, 0) is 103 Å². The fraction of sp³-hybridized carbons (Fsp3) is 0.721. The van der Waals surface area contributed by atoms with Crippen LogP contribution in [0, 0.1) is 11.8 Å². The molecule has 0 heterocycles. The number of unbranched alkanes of at least 4 members (excludes halogenated alkanes) is 15. The first-order valence-electron chi connectivity index (χ1n) is 33.5. The molecule has 6 atom stereocenters. The summed E-state index contributed by atoms with van der Waals surface area (Å²) in [6, 6.07) is 2.29. The number of hydrogen-bond donors (Lipinski definition) is 11. The van der Waals surface area contributed by atoms with E-state index in [1.54, 1.807) is 32.9 Å². The first-order chi connectivity index (χ1) is 43.6. The molecule has 0 bridgehead atoms. The molecule has 0 aromatic heterocycles. The van der Waals surface area contributed by atoms with E-state index >= 15 is 0 Å². The number of carbonyl (C=O) groups excluding carboxylic acids is 9. The number of amides is 4. The maximum absolute atomic E-state index is 13.5. The molecule has 522 valence electrons. The summed E-state index contributed by atoms with van der Waals surface area (Å²) in [6.07, 6.45) is 20.4. The monoisotopic (exact) mass is 1300 g/mol. The lowest BCUT2D eigenvalue weighted by molar-refractivity contribution is -0.145. The van der Waals surface area contributed by atoms with Crippen LogP contribution in [0.25, 0.3) is 0 Å². The van der Waals surface area contributed by atoms with Crippen molar-refractivity contribution in [2.75, 3.05) is 19.6 Å². The van der Waals surface area contributed by atoms with Crippen LogP contribution in [0.3, 0.4) is 0 Å². The average molecular weight is 1300 g/mol. The smallest absolute Gasteiger partial charge is 0.326 e. The van der Waals surface area contributed by atoms with Crippen LogP contribution < -0.4 is 31.9 Å². The van der Waals surface area contributed by atoms with Crippen molar-refractivity contribution >= 4 is 76.4 Å². The summed E-state index contributed by atoms with van der Waals surface area (Å²) in [5, 5.41) is 62.9. The molecule has 24 heteroatoms. The summed E-state index contributed by atoms with van der Waals surface area (Å²) in [5.41, 5.74) is -0.719. The number of phenols is 1. The Morgan fingerprint density at radius 1 is 0.489 bits per heavy atom. The number of carbonyl (C=O) groups is 13. The Balaban J connectivity index is 0.00000317. The number of carboxylic acid groups (broad SMARTS) is 4. The second-order valence-electron chi connectivity index (χ2n) is 24.6. The average Bonchev–Trinajstić information content (AvgIpc) is 1.19. The summed E-state index contributed by atoms with van der Waals surface area (Å²) in [4.78, 5) is 158. The maximum atomic E-state index is 13.5. The predicted octanol–water partition coefficient (Wildman–Crippen LogP) is 8.43. The van der Waals surface area contributed by atoms with Crippen molar-refractivity contribution in [2.24, 2.45) is 11.8 Å². The van der Waals surface area contributed by atoms with Crippen molar-refractivity contribution in [3.05, 3.63) is 29.8 Å². The van der Waals surface area contributed by atoms with Gasteiger partial charge in [-0.3, -0.25) is 52.7 Å². The first kappa shape index (κ1) is 85.0. The van der Waals surface area contributed by atoms with Crippen LogP contribution in [0.4, 0.5) is 0 Å². The number of ketones is 5. The van der Waals surface area contributed by atoms with Gasteiger partial charge in [0.1, 0.15) is 35.2 Å². The molecular formula is C68H112N6O18. The summed E-state index contributed by atoms with van der Waals surface area (Å²) >= 11 is 0. The molecule has 0 aliphatic rings.